The van der Waals surface area contributed by atoms with Crippen LogP contribution in [0.3, 0.4) is 0 Å². The fourth-order valence-corrected chi connectivity index (χ4v) is 0.889. The third kappa shape index (κ3) is 2.39. The summed E-state index contributed by atoms with van der Waals surface area (Å²) < 4.78 is 30.2. The van der Waals surface area contributed by atoms with Crippen molar-refractivity contribution in [3.05, 3.63) is 41.5 Å². The molecule has 4 heteroatoms. The zero-order chi connectivity index (χ0) is 10.6. The lowest BCUT2D eigenvalue weighted by Crippen LogP contribution is -1.94. The predicted octanol–water partition coefficient (Wildman–Crippen LogP) is 2.15. The Labute approximate surface area is 79.8 Å². The highest BCUT2D eigenvalue weighted by molar-refractivity contribution is 5.86. The molecule has 1 rings (SSSR count). The van der Waals surface area contributed by atoms with Crippen LogP contribution in [0, 0.1) is 11.6 Å². The molecule has 0 aliphatic carbocycles. The molecule has 0 radical (unpaired) electrons. The summed E-state index contributed by atoms with van der Waals surface area (Å²) in [5.74, 6) is -2.09. The van der Waals surface area contributed by atoms with E-state index in [1.165, 1.54) is 13.2 Å². The van der Waals surface area contributed by atoms with E-state index in [0.29, 0.717) is 0 Å². The molecule has 74 valence electrons. The van der Waals surface area contributed by atoms with E-state index >= 15 is 0 Å². The summed E-state index contributed by atoms with van der Waals surface area (Å²) in [6.45, 7) is 0. The van der Waals surface area contributed by atoms with Crippen LogP contribution in [0.4, 0.5) is 8.78 Å². The number of carbonyl (C=O) groups is 1. The van der Waals surface area contributed by atoms with Crippen LogP contribution in [-0.2, 0) is 9.53 Å². The smallest absolute Gasteiger partial charge is 0.330 e. The van der Waals surface area contributed by atoms with Crippen molar-refractivity contribution >= 4 is 12.0 Å². The number of hydrogen-bond acceptors (Lipinski definition) is 2. The summed E-state index contributed by atoms with van der Waals surface area (Å²) in [5.41, 5.74) is -0.252. The molecule has 0 aromatic heterocycles. The van der Waals surface area contributed by atoms with Crippen LogP contribution in [0.15, 0.2) is 24.3 Å². The van der Waals surface area contributed by atoms with Gasteiger partial charge in [-0.3, -0.25) is 0 Å². The number of ether oxygens (including phenoxy) is 1. The van der Waals surface area contributed by atoms with Crippen molar-refractivity contribution in [3.63, 3.8) is 0 Å². The third-order valence-electron chi connectivity index (χ3n) is 1.59. The van der Waals surface area contributed by atoms with Crippen LogP contribution in [-0.4, -0.2) is 13.1 Å². The molecule has 0 N–H and O–H groups in total. The van der Waals surface area contributed by atoms with Crippen LogP contribution in [0.5, 0.6) is 0 Å². The van der Waals surface area contributed by atoms with Crippen molar-refractivity contribution in [2.45, 2.75) is 0 Å². The van der Waals surface area contributed by atoms with Gasteiger partial charge in [0.25, 0.3) is 0 Å². The summed E-state index contributed by atoms with van der Waals surface area (Å²) >= 11 is 0. The Morgan fingerprint density at radius 1 is 1.36 bits per heavy atom. The van der Waals surface area contributed by atoms with E-state index in [4.69, 9.17) is 0 Å². The number of halogens is 2. The van der Waals surface area contributed by atoms with Crippen LogP contribution in [0.1, 0.15) is 5.56 Å². The van der Waals surface area contributed by atoms with E-state index in [-0.39, 0.29) is 5.56 Å². The zero-order valence-corrected chi connectivity index (χ0v) is 7.46. The molecule has 0 heterocycles. The number of benzene rings is 1. The van der Waals surface area contributed by atoms with Gasteiger partial charge in [0, 0.05) is 11.6 Å². The van der Waals surface area contributed by atoms with Gasteiger partial charge in [-0.15, -0.1) is 0 Å². The van der Waals surface area contributed by atoms with E-state index in [1.807, 2.05) is 0 Å². The molecule has 14 heavy (non-hydrogen) atoms. The Bertz CT molecular complexity index is 352. The van der Waals surface area contributed by atoms with Gasteiger partial charge in [-0.25, -0.2) is 13.6 Å². The second kappa shape index (κ2) is 4.50. The minimum atomic E-state index is -0.717. The Kier molecular flexibility index (Phi) is 3.34. The molecule has 0 amide bonds. The van der Waals surface area contributed by atoms with Gasteiger partial charge in [0.2, 0.25) is 0 Å². The molecule has 0 aliphatic heterocycles. The lowest BCUT2D eigenvalue weighted by atomic mass is 10.2. The molecule has 0 aliphatic rings. The van der Waals surface area contributed by atoms with Crippen molar-refractivity contribution < 1.29 is 18.3 Å². The lowest BCUT2D eigenvalue weighted by molar-refractivity contribution is -0.134. The molecule has 0 saturated heterocycles. The van der Waals surface area contributed by atoms with Gasteiger partial charge in [0.05, 0.1) is 7.11 Å². The van der Waals surface area contributed by atoms with Gasteiger partial charge in [-0.2, -0.15) is 0 Å². The first-order chi connectivity index (χ1) is 6.65. The molecule has 2 nitrogen and oxygen atoms in total. The minimum absolute atomic E-state index is 0.252. The second-order valence-electron chi connectivity index (χ2n) is 2.49. The maximum atomic E-state index is 13.0. The molecule has 0 bridgehead atoms. The van der Waals surface area contributed by atoms with Crippen molar-refractivity contribution in [2.24, 2.45) is 0 Å². The van der Waals surface area contributed by atoms with Crippen LogP contribution in [0.2, 0.25) is 0 Å². The highest BCUT2D eigenvalue weighted by Crippen LogP contribution is 2.13. The van der Waals surface area contributed by atoms with Gasteiger partial charge < -0.3 is 4.74 Å². The maximum absolute atomic E-state index is 13.0. The van der Waals surface area contributed by atoms with Gasteiger partial charge in [-0.1, -0.05) is 6.07 Å². The van der Waals surface area contributed by atoms with Crippen molar-refractivity contribution in [1.82, 2.24) is 0 Å². The van der Waals surface area contributed by atoms with E-state index < -0.39 is 17.6 Å². The summed E-state index contributed by atoms with van der Waals surface area (Å²) in [6, 6.07) is 3.47. The van der Waals surface area contributed by atoms with Crippen molar-refractivity contribution in [2.75, 3.05) is 7.11 Å². The number of rotatable bonds is 2. The second-order valence-corrected chi connectivity index (χ2v) is 2.49. The lowest BCUT2D eigenvalue weighted by Gasteiger charge is -1.97. The van der Waals surface area contributed by atoms with Gasteiger partial charge in [0.1, 0.15) is 11.6 Å². The normalized spacial score (nSPS) is 10.5. The molecular weight excluding hydrogens is 190 g/mol. The van der Waals surface area contributed by atoms with Gasteiger partial charge >= 0.3 is 5.97 Å². The van der Waals surface area contributed by atoms with Gasteiger partial charge in [-0.05, 0) is 18.2 Å². The van der Waals surface area contributed by atoms with Crippen LogP contribution >= 0.6 is 0 Å². The zero-order valence-electron chi connectivity index (χ0n) is 7.46. The molecule has 0 atom stereocenters. The summed E-state index contributed by atoms with van der Waals surface area (Å²) in [6.07, 6.45) is 2.00. The Morgan fingerprint density at radius 3 is 2.43 bits per heavy atom. The first-order valence-electron chi connectivity index (χ1n) is 3.85. The maximum Gasteiger partial charge on any atom is 0.330 e. The van der Waals surface area contributed by atoms with Crippen molar-refractivity contribution in [1.29, 1.82) is 0 Å². The summed E-state index contributed by atoms with van der Waals surface area (Å²) in [7, 11) is 1.18. The highest BCUT2D eigenvalue weighted by Gasteiger charge is 2.04. The molecular formula is C10H8F2O2. The van der Waals surface area contributed by atoms with Crippen LogP contribution in [0.25, 0.3) is 6.08 Å². The van der Waals surface area contributed by atoms with E-state index in [1.54, 1.807) is 0 Å². The quantitative estimate of drug-likeness (QED) is 0.537. The van der Waals surface area contributed by atoms with Gasteiger partial charge in [0.15, 0.2) is 0 Å². The Morgan fingerprint density at radius 2 is 1.93 bits per heavy atom. The van der Waals surface area contributed by atoms with E-state index in [9.17, 15) is 13.6 Å². The number of methoxy groups -OCH3 is 1. The Hall–Kier alpha value is -1.71. The molecule has 1 aromatic carbocycles. The first-order valence-corrected chi connectivity index (χ1v) is 3.85. The largest absolute Gasteiger partial charge is 0.466 e. The molecule has 0 fully saturated rings. The number of hydrogen-bond donors (Lipinski definition) is 0. The average Bonchev–Trinajstić information content (AvgIpc) is 2.16. The fraction of sp³-hybridized carbons (Fsp3) is 0.100. The van der Waals surface area contributed by atoms with Crippen molar-refractivity contribution in [3.8, 4) is 0 Å². The highest BCUT2D eigenvalue weighted by atomic mass is 19.1. The molecule has 0 saturated carbocycles. The number of esters is 1. The SMILES string of the molecule is COC(=O)/C=C\c1c(F)cccc1F. The number of carbonyl (C=O) groups excluding carboxylic acids is 1. The van der Waals surface area contributed by atoms with E-state index in [2.05, 4.69) is 4.74 Å². The minimum Gasteiger partial charge on any atom is -0.466 e. The molecule has 0 unspecified atom stereocenters. The first kappa shape index (κ1) is 10.4. The summed E-state index contributed by atoms with van der Waals surface area (Å²) in [5, 5.41) is 0. The standard InChI is InChI=1S/C10H8F2O2/c1-14-10(13)6-5-7-8(11)3-2-4-9(7)12/h2-6H,1H3/b6-5-. The third-order valence-corrected chi connectivity index (χ3v) is 1.59. The molecule has 1 aromatic rings. The Balaban J connectivity index is 2.96. The fourth-order valence-electron chi connectivity index (χ4n) is 0.889. The average molecular weight is 198 g/mol. The topological polar surface area (TPSA) is 26.3 Å². The monoisotopic (exact) mass is 198 g/mol. The van der Waals surface area contributed by atoms with E-state index in [0.717, 1.165) is 24.3 Å². The summed E-state index contributed by atoms with van der Waals surface area (Å²) in [4.78, 5) is 10.7. The molecule has 0 spiro atoms. The van der Waals surface area contributed by atoms with Crippen LogP contribution < -0.4 is 0 Å². The predicted molar refractivity (Wildman–Crippen MR) is 47.4 cm³/mol.